The van der Waals surface area contributed by atoms with Crippen LogP contribution in [-0.4, -0.2) is 5.78 Å². The van der Waals surface area contributed by atoms with Crippen molar-refractivity contribution in [2.75, 3.05) is 0 Å². The number of carbonyl (C=O) groups excluding carboxylic acids is 1. The fraction of sp³-hybridized carbons (Fsp3) is 0.417. The molecule has 1 aromatic carbocycles. The van der Waals surface area contributed by atoms with Crippen molar-refractivity contribution in [1.29, 1.82) is 0 Å². The van der Waals surface area contributed by atoms with E-state index in [-0.39, 0.29) is 18.4 Å². The monoisotopic (exact) mass is 246 g/mol. The van der Waals surface area contributed by atoms with E-state index in [1.807, 2.05) is 0 Å². The number of benzene rings is 1. The summed E-state index contributed by atoms with van der Waals surface area (Å²) in [6.45, 7) is 0. The summed E-state index contributed by atoms with van der Waals surface area (Å²) < 4.78 is 51.7. The minimum atomic E-state index is -4.61. The van der Waals surface area contributed by atoms with E-state index in [1.54, 1.807) is 0 Å². The van der Waals surface area contributed by atoms with Gasteiger partial charge >= 0.3 is 6.18 Å². The number of hydrogen-bond acceptors (Lipinski definition) is 1. The molecule has 0 heterocycles. The topological polar surface area (TPSA) is 17.1 Å². The summed E-state index contributed by atoms with van der Waals surface area (Å²) in [4.78, 5) is 11.7. The standard InChI is InChI=1S/C12H10F4O/c13-9-6-5-8(12(14,15)16)11-7(9)3-1-2-4-10(11)17/h5-6H,1-4H2. The van der Waals surface area contributed by atoms with Gasteiger partial charge in [-0.15, -0.1) is 0 Å². The van der Waals surface area contributed by atoms with Crippen LogP contribution in [0.5, 0.6) is 0 Å². The molecular weight excluding hydrogens is 236 g/mol. The predicted molar refractivity (Wildman–Crippen MR) is 53.3 cm³/mol. The Hall–Kier alpha value is -1.39. The van der Waals surface area contributed by atoms with Crippen LogP contribution in [0.3, 0.4) is 0 Å². The molecule has 0 fully saturated rings. The summed E-state index contributed by atoms with van der Waals surface area (Å²) >= 11 is 0. The Morgan fingerprint density at radius 3 is 2.35 bits per heavy atom. The number of hydrogen-bond donors (Lipinski definition) is 0. The zero-order valence-corrected chi connectivity index (χ0v) is 8.90. The van der Waals surface area contributed by atoms with Gasteiger partial charge in [-0.1, -0.05) is 0 Å². The highest BCUT2D eigenvalue weighted by molar-refractivity contribution is 5.99. The van der Waals surface area contributed by atoms with E-state index in [4.69, 9.17) is 0 Å². The smallest absolute Gasteiger partial charge is 0.294 e. The van der Waals surface area contributed by atoms with Gasteiger partial charge in [0.1, 0.15) is 5.82 Å². The summed E-state index contributed by atoms with van der Waals surface area (Å²) in [5.41, 5.74) is -1.56. The minimum absolute atomic E-state index is 0.0551. The second kappa shape index (κ2) is 4.13. The second-order valence-corrected chi connectivity index (χ2v) is 4.08. The Morgan fingerprint density at radius 2 is 1.71 bits per heavy atom. The first-order chi connectivity index (χ1) is 7.91. The third-order valence-corrected chi connectivity index (χ3v) is 2.92. The first-order valence-electron chi connectivity index (χ1n) is 5.33. The van der Waals surface area contributed by atoms with Crippen molar-refractivity contribution in [1.82, 2.24) is 0 Å². The Labute approximate surface area is 95.4 Å². The highest BCUT2D eigenvalue weighted by Gasteiger charge is 2.37. The molecule has 0 atom stereocenters. The molecule has 17 heavy (non-hydrogen) atoms. The van der Waals surface area contributed by atoms with E-state index in [0.29, 0.717) is 18.9 Å². The molecule has 0 saturated heterocycles. The van der Waals surface area contributed by atoms with Crippen LogP contribution in [0.1, 0.15) is 40.7 Å². The van der Waals surface area contributed by atoms with Gasteiger partial charge in [-0.05, 0) is 37.0 Å². The molecule has 0 spiro atoms. The Morgan fingerprint density at radius 1 is 1.06 bits per heavy atom. The van der Waals surface area contributed by atoms with Crippen molar-refractivity contribution in [3.63, 3.8) is 0 Å². The molecule has 92 valence electrons. The second-order valence-electron chi connectivity index (χ2n) is 4.08. The Kier molecular flexibility index (Phi) is 2.93. The maximum Gasteiger partial charge on any atom is 0.417 e. The van der Waals surface area contributed by atoms with Crippen molar-refractivity contribution >= 4 is 5.78 Å². The lowest BCUT2D eigenvalue weighted by atomic mass is 9.95. The third kappa shape index (κ3) is 2.18. The summed E-state index contributed by atoms with van der Waals surface area (Å²) in [5, 5.41) is 0. The zero-order chi connectivity index (χ0) is 12.6. The van der Waals surface area contributed by atoms with Gasteiger partial charge in [0.05, 0.1) is 5.56 Å². The maximum atomic E-state index is 13.5. The highest BCUT2D eigenvalue weighted by Crippen LogP contribution is 2.36. The van der Waals surface area contributed by atoms with E-state index >= 15 is 0 Å². The minimum Gasteiger partial charge on any atom is -0.294 e. The van der Waals surface area contributed by atoms with Gasteiger partial charge in [0.25, 0.3) is 0 Å². The van der Waals surface area contributed by atoms with Crippen LogP contribution in [-0.2, 0) is 12.6 Å². The van der Waals surface area contributed by atoms with Crippen LogP contribution in [0.4, 0.5) is 17.6 Å². The van der Waals surface area contributed by atoms with E-state index in [2.05, 4.69) is 0 Å². The summed E-state index contributed by atoms with van der Waals surface area (Å²) in [7, 11) is 0. The molecule has 5 heteroatoms. The fourth-order valence-electron chi connectivity index (χ4n) is 2.13. The molecule has 0 aromatic heterocycles. The zero-order valence-electron chi connectivity index (χ0n) is 8.90. The molecule has 1 aliphatic rings. The van der Waals surface area contributed by atoms with Crippen LogP contribution < -0.4 is 0 Å². The molecule has 1 aromatic rings. The summed E-state index contributed by atoms with van der Waals surface area (Å²) in [6.07, 6.45) is -3.32. The van der Waals surface area contributed by atoms with Crippen molar-refractivity contribution < 1.29 is 22.4 Å². The summed E-state index contributed by atoms with van der Waals surface area (Å²) in [5.74, 6) is -1.33. The molecule has 1 nitrogen and oxygen atoms in total. The average molecular weight is 246 g/mol. The normalized spacial score (nSPS) is 16.6. The van der Waals surface area contributed by atoms with Gasteiger partial charge in [-0.25, -0.2) is 4.39 Å². The Bertz CT molecular complexity index is 462. The van der Waals surface area contributed by atoms with Crippen LogP contribution in [0.2, 0.25) is 0 Å². The van der Waals surface area contributed by atoms with Gasteiger partial charge in [-0.2, -0.15) is 13.2 Å². The fourth-order valence-corrected chi connectivity index (χ4v) is 2.13. The van der Waals surface area contributed by atoms with Gasteiger partial charge in [0.15, 0.2) is 5.78 Å². The molecule has 0 amide bonds. The van der Waals surface area contributed by atoms with Crippen LogP contribution in [0.15, 0.2) is 12.1 Å². The van der Waals surface area contributed by atoms with E-state index < -0.39 is 28.9 Å². The van der Waals surface area contributed by atoms with Crippen molar-refractivity contribution in [3.8, 4) is 0 Å². The lowest BCUT2D eigenvalue weighted by molar-refractivity contribution is -0.138. The van der Waals surface area contributed by atoms with Gasteiger partial charge in [-0.3, -0.25) is 4.79 Å². The molecule has 2 rings (SSSR count). The van der Waals surface area contributed by atoms with Gasteiger partial charge in [0.2, 0.25) is 0 Å². The van der Waals surface area contributed by atoms with E-state index in [9.17, 15) is 22.4 Å². The third-order valence-electron chi connectivity index (χ3n) is 2.92. The van der Waals surface area contributed by atoms with Crippen molar-refractivity contribution in [2.45, 2.75) is 31.9 Å². The number of Topliss-reactive ketones (excluding diaryl/α,β-unsaturated/α-hetero) is 1. The molecule has 1 aliphatic carbocycles. The predicted octanol–water partition coefficient (Wildman–Crippen LogP) is 3.75. The molecule has 0 aliphatic heterocycles. The Balaban J connectivity index is 2.68. The molecule has 0 saturated carbocycles. The molecule has 0 unspecified atom stereocenters. The maximum absolute atomic E-state index is 13.5. The number of fused-ring (bicyclic) bond motifs is 1. The molecular formula is C12H10F4O. The molecule has 0 N–H and O–H groups in total. The average Bonchev–Trinajstić information content (AvgIpc) is 2.41. The number of carbonyl (C=O) groups is 1. The SMILES string of the molecule is O=C1CCCCc2c(F)ccc(C(F)(F)F)c21. The largest absolute Gasteiger partial charge is 0.417 e. The van der Waals surface area contributed by atoms with Crippen molar-refractivity contribution in [3.05, 3.63) is 34.6 Å². The first kappa shape index (κ1) is 12.1. The number of halogens is 4. The number of rotatable bonds is 0. The molecule has 0 radical (unpaired) electrons. The summed E-state index contributed by atoms with van der Waals surface area (Å²) in [6, 6.07) is 1.44. The quantitative estimate of drug-likeness (QED) is 0.503. The van der Waals surface area contributed by atoms with E-state index in [0.717, 1.165) is 6.07 Å². The van der Waals surface area contributed by atoms with Gasteiger partial charge < -0.3 is 0 Å². The highest BCUT2D eigenvalue weighted by atomic mass is 19.4. The lowest BCUT2D eigenvalue weighted by Gasteiger charge is -2.14. The number of alkyl halides is 3. The van der Waals surface area contributed by atoms with Crippen molar-refractivity contribution in [2.24, 2.45) is 0 Å². The lowest BCUT2D eigenvalue weighted by Crippen LogP contribution is -2.15. The number of ketones is 1. The van der Waals surface area contributed by atoms with Crippen LogP contribution in [0.25, 0.3) is 0 Å². The van der Waals surface area contributed by atoms with Crippen LogP contribution in [0, 0.1) is 5.82 Å². The molecule has 0 bridgehead atoms. The van der Waals surface area contributed by atoms with E-state index in [1.165, 1.54) is 0 Å². The first-order valence-corrected chi connectivity index (χ1v) is 5.33. The van der Waals surface area contributed by atoms with Crippen LogP contribution >= 0.6 is 0 Å². The van der Waals surface area contributed by atoms with Gasteiger partial charge in [0, 0.05) is 12.0 Å².